The Morgan fingerprint density at radius 1 is 1.69 bits per heavy atom. The van der Waals surface area contributed by atoms with Gasteiger partial charge in [0, 0.05) is 0 Å². The largest absolute Gasteiger partial charge is 0.467 e. The maximum atomic E-state index is 11.1. The van der Waals surface area contributed by atoms with Gasteiger partial charge >= 0.3 is 5.97 Å². The van der Waals surface area contributed by atoms with E-state index in [0.29, 0.717) is 0 Å². The molecule has 2 unspecified atom stereocenters. The van der Waals surface area contributed by atoms with Gasteiger partial charge in [-0.1, -0.05) is 12.8 Å². The second-order valence-corrected chi connectivity index (χ2v) is 3.73. The highest BCUT2D eigenvalue weighted by Gasteiger charge is 2.64. The number of hydrogen-bond acceptors (Lipinski definition) is 4. The molecule has 1 saturated carbocycles. The van der Waals surface area contributed by atoms with E-state index in [4.69, 9.17) is 4.74 Å². The molecule has 2 fully saturated rings. The first-order chi connectivity index (χ1) is 6.20. The summed E-state index contributed by atoms with van der Waals surface area (Å²) >= 11 is 0. The van der Waals surface area contributed by atoms with Crippen molar-refractivity contribution < 1.29 is 19.4 Å². The Bertz CT molecular complexity index is 228. The molecule has 0 spiro atoms. The Hall–Kier alpha value is -0.610. The molecule has 74 valence electrons. The highest BCUT2D eigenvalue weighted by molar-refractivity contribution is 5.76. The minimum absolute atomic E-state index is 0.0790. The van der Waals surface area contributed by atoms with Crippen molar-refractivity contribution in [3.05, 3.63) is 0 Å². The van der Waals surface area contributed by atoms with E-state index in [9.17, 15) is 9.90 Å². The van der Waals surface area contributed by atoms with E-state index in [1.165, 1.54) is 7.11 Å². The minimum atomic E-state index is -1.09. The van der Waals surface area contributed by atoms with E-state index in [1.807, 2.05) is 0 Å². The zero-order chi connectivity index (χ0) is 9.47. The number of rotatable bonds is 2. The van der Waals surface area contributed by atoms with Gasteiger partial charge in [-0.3, -0.25) is 0 Å². The lowest BCUT2D eigenvalue weighted by atomic mass is 9.85. The normalized spacial score (nSPS) is 39.1. The number of epoxide rings is 1. The molecule has 1 N–H and O–H groups in total. The number of carbonyl (C=O) groups excluding carboxylic acids is 1. The summed E-state index contributed by atoms with van der Waals surface area (Å²) in [4.78, 5) is 11.1. The molecule has 13 heavy (non-hydrogen) atoms. The summed E-state index contributed by atoms with van der Waals surface area (Å²) in [6.45, 7) is 0. The van der Waals surface area contributed by atoms with E-state index in [-0.39, 0.29) is 6.10 Å². The number of esters is 1. The SMILES string of the molecule is COC(=O)[C@@H](O)C12CCCCC1O2. The number of aliphatic hydroxyl groups excluding tert-OH is 1. The molecule has 0 bridgehead atoms. The molecule has 2 aliphatic rings. The van der Waals surface area contributed by atoms with Gasteiger partial charge in [0.15, 0.2) is 6.10 Å². The second kappa shape index (κ2) is 2.96. The molecule has 0 aromatic rings. The molecule has 0 aromatic carbocycles. The van der Waals surface area contributed by atoms with Crippen molar-refractivity contribution in [1.82, 2.24) is 0 Å². The van der Waals surface area contributed by atoms with Gasteiger partial charge in [-0.25, -0.2) is 4.79 Å². The Kier molecular flexibility index (Phi) is 2.04. The number of fused-ring (bicyclic) bond motifs is 1. The van der Waals surface area contributed by atoms with Gasteiger partial charge in [0.05, 0.1) is 13.2 Å². The third kappa shape index (κ3) is 1.25. The van der Waals surface area contributed by atoms with Gasteiger partial charge < -0.3 is 14.6 Å². The smallest absolute Gasteiger partial charge is 0.337 e. The maximum Gasteiger partial charge on any atom is 0.337 e. The molecular weight excluding hydrogens is 172 g/mol. The molecule has 3 atom stereocenters. The van der Waals surface area contributed by atoms with Gasteiger partial charge in [-0.05, 0) is 12.8 Å². The number of methoxy groups -OCH3 is 1. The molecular formula is C9H14O4. The summed E-state index contributed by atoms with van der Waals surface area (Å²) in [5, 5.41) is 9.64. The van der Waals surface area contributed by atoms with Crippen molar-refractivity contribution in [1.29, 1.82) is 0 Å². The minimum Gasteiger partial charge on any atom is -0.467 e. The monoisotopic (exact) mass is 186 g/mol. The molecule has 2 rings (SSSR count). The molecule has 0 amide bonds. The lowest BCUT2D eigenvalue weighted by Gasteiger charge is -2.20. The van der Waals surface area contributed by atoms with Crippen LogP contribution in [-0.4, -0.2) is 36.0 Å². The van der Waals surface area contributed by atoms with Crippen molar-refractivity contribution in [3.63, 3.8) is 0 Å². The average molecular weight is 186 g/mol. The van der Waals surface area contributed by atoms with Crippen molar-refractivity contribution in [2.45, 2.75) is 43.5 Å². The first-order valence-corrected chi connectivity index (χ1v) is 4.64. The highest BCUT2D eigenvalue weighted by Crippen LogP contribution is 2.50. The summed E-state index contributed by atoms with van der Waals surface area (Å²) in [6.07, 6.45) is 2.85. The van der Waals surface area contributed by atoms with Gasteiger partial charge in [0.25, 0.3) is 0 Å². The Labute approximate surface area is 76.8 Å². The number of aliphatic hydroxyl groups is 1. The summed E-state index contributed by atoms with van der Waals surface area (Å²) in [5.74, 6) is -0.579. The molecule has 0 aromatic heterocycles. The van der Waals surface area contributed by atoms with E-state index in [1.54, 1.807) is 0 Å². The summed E-state index contributed by atoms with van der Waals surface area (Å²) in [6, 6.07) is 0. The summed E-state index contributed by atoms with van der Waals surface area (Å²) in [5.41, 5.74) is -0.592. The van der Waals surface area contributed by atoms with Gasteiger partial charge in [0.1, 0.15) is 5.60 Å². The molecule has 1 saturated heterocycles. The van der Waals surface area contributed by atoms with Crippen LogP contribution in [0.15, 0.2) is 0 Å². The van der Waals surface area contributed by atoms with E-state index >= 15 is 0 Å². The van der Waals surface area contributed by atoms with E-state index in [2.05, 4.69) is 4.74 Å². The Morgan fingerprint density at radius 3 is 3.08 bits per heavy atom. The van der Waals surface area contributed by atoms with E-state index in [0.717, 1.165) is 25.7 Å². The molecule has 1 aliphatic heterocycles. The number of carbonyl (C=O) groups is 1. The first-order valence-electron chi connectivity index (χ1n) is 4.64. The predicted molar refractivity (Wildman–Crippen MR) is 44.1 cm³/mol. The Morgan fingerprint density at radius 2 is 2.46 bits per heavy atom. The van der Waals surface area contributed by atoms with Crippen LogP contribution in [0.1, 0.15) is 25.7 Å². The van der Waals surface area contributed by atoms with Crippen LogP contribution in [0.4, 0.5) is 0 Å². The van der Waals surface area contributed by atoms with Crippen LogP contribution in [0.2, 0.25) is 0 Å². The molecule has 0 radical (unpaired) electrons. The fraction of sp³-hybridized carbons (Fsp3) is 0.889. The second-order valence-electron chi connectivity index (χ2n) is 3.73. The van der Waals surface area contributed by atoms with Crippen molar-refractivity contribution in [2.24, 2.45) is 0 Å². The zero-order valence-electron chi connectivity index (χ0n) is 7.66. The number of ether oxygens (including phenoxy) is 2. The first kappa shape index (κ1) is 8.97. The molecule has 4 nitrogen and oxygen atoms in total. The standard InChI is InChI=1S/C9H14O4/c1-12-8(11)7(10)9-5-3-2-4-6(9)13-9/h6-7,10H,2-5H2,1H3/t6?,7-,9?/m1/s1. The Balaban J connectivity index is 2.04. The molecule has 4 heteroatoms. The quantitative estimate of drug-likeness (QED) is 0.495. The topological polar surface area (TPSA) is 59.1 Å². The van der Waals surface area contributed by atoms with Crippen LogP contribution in [0.5, 0.6) is 0 Å². The molecule has 1 aliphatic carbocycles. The van der Waals surface area contributed by atoms with Crippen LogP contribution >= 0.6 is 0 Å². The fourth-order valence-corrected chi connectivity index (χ4v) is 2.17. The van der Waals surface area contributed by atoms with Crippen LogP contribution < -0.4 is 0 Å². The summed E-state index contributed by atoms with van der Waals surface area (Å²) < 4.78 is 9.89. The van der Waals surface area contributed by atoms with E-state index < -0.39 is 17.7 Å². The van der Waals surface area contributed by atoms with Crippen LogP contribution in [0.25, 0.3) is 0 Å². The van der Waals surface area contributed by atoms with Crippen molar-refractivity contribution in [3.8, 4) is 0 Å². The summed E-state index contributed by atoms with van der Waals surface area (Å²) in [7, 11) is 1.28. The van der Waals surface area contributed by atoms with Crippen molar-refractivity contribution >= 4 is 5.97 Å². The average Bonchev–Trinajstić information content (AvgIpc) is 2.90. The van der Waals surface area contributed by atoms with Crippen LogP contribution in [-0.2, 0) is 14.3 Å². The number of hydrogen-bond donors (Lipinski definition) is 1. The van der Waals surface area contributed by atoms with Crippen LogP contribution in [0.3, 0.4) is 0 Å². The fourth-order valence-electron chi connectivity index (χ4n) is 2.17. The van der Waals surface area contributed by atoms with Gasteiger partial charge in [0.2, 0.25) is 0 Å². The maximum absolute atomic E-state index is 11.1. The molecule has 1 heterocycles. The lowest BCUT2D eigenvalue weighted by molar-refractivity contribution is -0.154. The van der Waals surface area contributed by atoms with Crippen LogP contribution in [0, 0.1) is 0 Å². The highest BCUT2D eigenvalue weighted by atomic mass is 16.6. The zero-order valence-corrected chi connectivity index (χ0v) is 7.66. The predicted octanol–water partition coefficient (Wildman–Crippen LogP) is 0.232. The third-order valence-corrected chi connectivity index (χ3v) is 3.02. The van der Waals surface area contributed by atoms with Gasteiger partial charge in [-0.15, -0.1) is 0 Å². The van der Waals surface area contributed by atoms with Gasteiger partial charge in [-0.2, -0.15) is 0 Å². The van der Waals surface area contributed by atoms with Crippen molar-refractivity contribution in [2.75, 3.05) is 7.11 Å². The lowest BCUT2D eigenvalue weighted by Crippen LogP contribution is -2.41. The third-order valence-electron chi connectivity index (χ3n) is 3.02.